The zero-order valence-corrected chi connectivity index (χ0v) is 14.4. The SMILES string of the molecule is C=N/C=C/c1sc(/N=N\c2ccc(N(C)C)cc2)nc1SC. The first-order valence-electron chi connectivity index (χ1n) is 6.50. The van der Waals surface area contributed by atoms with Crippen LogP contribution in [0.2, 0.25) is 0 Å². The van der Waals surface area contributed by atoms with Crippen LogP contribution in [0.5, 0.6) is 0 Å². The lowest BCUT2D eigenvalue weighted by molar-refractivity contribution is 1.12. The third kappa shape index (κ3) is 4.25. The Labute approximate surface area is 138 Å². The Morgan fingerprint density at radius 2 is 1.95 bits per heavy atom. The van der Waals surface area contributed by atoms with Gasteiger partial charge in [-0.2, -0.15) is 0 Å². The van der Waals surface area contributed by atoms with Crippen LogP contribution in [0.1, 0.15) is 4.88 Å². The molecule has 114 valence electrons. The van der Waals surface area contributed by atoms with E-state index in [0.717, 1.165) is 21.3 Å². The molecular weight excluding hydrogens is 314 g/mol. The molecule has 0 N–H and O–H groups in total. The monoisotopic (exact) mass is 331 g/mol. The standard InChI is InChI=1S/C15H17N5S2/c1-16-10-9-13-14(21-4)17-15(22-13)19-18-11-5-7-12(8-6-11)20(2)3/h5-10H,1H2,2-4H3/b10-9+,19-18-. The lowest BCUT2D eigenvalue weighted by Crippen LogP contribution is -2.07. The average Bonchev–Trinajstić information content (AvgIpc) is 2.93. The van der Waals surface area contributed by atoms with Gasteiger partial charge in [-0.25, -0.2) is 4.98 Å². The van der Waals surface area contributed by atoms with E-state index in [1.54, 1.807) is 18.0 Å². The Hall–Kier alpha value is -1.99. The molecular formula is C15H17N5S2. The number of hydrogen-bond donors (Lipinski definition) is 0. The minimum absolute atomic E-state index is 0.629. The van der Waals surface area contributed by atoms with E-state index in [9.17, 15) is 0 Å². The minimum atomic E-state index is 0.629. The van der Waals surface area contributed by atoms with E-state index in [0.29, 0.717) is 5.13 Å². The van der Waals surface area contributed by atoms with Crippen LogP contribution in [0.4, 0.5) is 16.5 Å². The van der Waals surface area contributed by atoms with Gasteiger partial charge in [-0.05, 0) is 43.3 Å². The fourth-order valence-electron chi connectivity index (χ4n) is 1.64. The fraction of sp³-hybridized carbons (Fsp3) is 0.200. The zero-order valence-electron chi connectivity index (χ0n) is 12.7. The predicted molar refractivity (Wildman–Crippen MR) is 97.4 cm³/mol. The average molecular weight is 331 g/mol. The van der Waals surface area contributed by atoms with Crippen molar-refractivity contribution in [3.8, 4) is 0 Å². The number of rotatable bonds is 6. The van der Waals surface area contributed by atoms with E-state index in [-0.39, 0.29) is 0 Å². The molecule has 0 unspecified atom stereocenters. The highest BCUT2D eigenvalue weighted by molar-refractivity contribution is 7.98. The molecule has 22 heavy (non-hydrogen) atoms. The molecule has 5 nitrogen and oxygen atoms in total. The summed E-state index contributed by atoms with van der Waals surface area (Å²) in [5.41, 5.74) is 1.93. The van der Waals surface area contributed by atoms with Crippen molar-refractivity contribution in [1.82, 2.24) is 4.98 Å². The largest absolute Gasteiger partial charge is 0.378 e. The van der Waals surface area contributed by atoms with Gasteiger partial charge in [-0.3, -0.25) is 4.99 Å². The molecule has 0 radical (unpaired) electrons. The minimum Gasteiger partial charge on any atom is -0.378 e. The summed E-state index contributed by atoms with van der Waals surface area (Å²) in [6.07, 6.45) is 5.50. The van der Waals surface area contributed by atoms with Crippen LogP contribution in [0, 0.1) is 0 Å². The molecule has 0 saturated carbocycles. The van der Waals surface area contributed by atoms with E-state index >= 15 is 0 Å². The van der Waals surface area contributed by atoms with Gasteiger partial charge in [0.25, 0.3) is 0 Å². The van der Waals surface area contributed by atoms with Crippen molar-refractivity contribution < 1.29 is 0 Å². The molecule has 2 rings (SSSR count). The summed E-state index contributed by atoms with van der Waals surface area (Å²) in [6.45, 7) is 3.43. The summed E-state index contributed by atoms with van der Waals surface area (Å²) >= 11 is 3.05. The molecule has 0 aliphatic rings. The van der Waals surface area contributed by atoms with Gasteiger partial charge in [-0.1, -0.05) is 11.3 Å². The Morgan fingerprint density at radius 3 is 2.55 bits per heavy atom. The fourth-order valence-corrected chi connectivity index (χ4v) is 3.20. The van der Waals surface area contributed by atoms with Gasteiger partial charge in [0, 0.05) is 26.0 Å². The van der Waals surface area contributed by atoms with Gasteiger partial charge in [-0.15, -0.1) is 22.0 Å². The van der Waals surface area contributed by atoms with E-state index in [1.807, 2.05) is 55.6 Å². The summed E-state index contributed by atoms with van der Waals surface area (Å²) in [5.74, 6) is 0. The summed E-state index contributed by atoms with van der Waals surface area (Å²) in [4.78, 5) is 11.2. The maximum atomic E-state index is 4.44. The molecule has 0 aliphatic heterocycles. The number of nitrogens with zero attached hydrogens (tertiary/aromatic N) is 5. The van der Waals surface area contributed by atoms with Crippen molar-refractivity contribution in [2.45, 2.75) is 5.03 Å². The molecule has 0 amide bonds. The number of azo groups is 1. The zero-order chi connectivity index (χ0) is 15.9. The lowest BCUT2D eigenvalue weighted by atomic mass is 10.3. The first-order valence-corrected chi connectivity index (χ1v) is 8.54. The van der Waals surface area contributed by atoms with E-state index in [1.165, 1.54) is 11.3 Å². The molecule has 0 atom stereocenters. The number of thiazole rings is 1. The molecule has 0 fully saturated rings. The molecule has 1 heterocycles. The summed E-state index contributed by atoms with van der Waals surface area (Å²) in [5, 5.41) is 9.99. The Kier molecular flexibility index (Phi) is 5.85. The van der Waals surface area contributed by atoms with E-state index in [4.69, 9.17) is 0 Å². The first-order chi connectivity index (χ1) is 10.6. The van der Waals surface area contributed by atoms with Crippen LogP contribution < -0.4 is 4.90 Å². The van der Waals surface area contributed by atoms with Crippen LogP contribution in [0.15, 0.2) is 50.7 Å². The summed E-state index contributed by atoms with van der Waals surface area (Å²) < 4.78 is 0. The third-order valence-electron chi connectivity index (χ3n) is 2.75. The molecule has 0 spiro atoms. The Bertz CT molecular complexity index is 686. The Morgan fingerprint density at radius 1 is 1.23 bits per heavy atom. The maximum absolute atomic E-state index is 4.44. The van der Waals surface area contributed by atoms with Gasteiger partial charge in [0.15, 0.2) is 0 Å². The van der Waals surface area contributed by atoms with Crippen molar-refractivity contribution in [2.75, 3.05) is 25.3 Å². The van der Waals surface area contributed by atoms with Crippen molar-refractivity contribution in [3.05, 3.63) is 35.3 Å². The number of anilines is 1. The van der Waals surface area contributed by atoms with Crippen LogP contribution in [0.3, 0.4) is 0 Å². The number of benzene rings is 1. The molecule has 0 bridgehead atoms. The topological polar surface area (TPSA) is 53.2 Å². The molecule has 1 aromatic carbocycles. The first kappa shape index (κ1) is 16.4. The van der Waals surface area contributed by atoms with Gasteiger partial charge in [0.1, 0.15) is 5.03 Å². The van der Waals surface area contributed by atoms with Crippen molar-refractivity contribution >= 4 is 52.4 Å². The highest BCUT2D eigenvalue weighted by atomic mass is 32.2. The normalized spacial score (nSPS) is 11.4. The number of thioether (sulfide) groups is 1. The number of hydrogen-bond acceptors (Lipinski definition) is 7. The number of aromatic nitrogens is 1. The second kappa shape index (κ2) is 7.86. The highest BCUT2D eigenvalue weighted by Crippen LogP contribution is 2.33. The Balaban J connectivity index is 2.17. The van der Waals surface area contributed by atoms with E-state index < -0.39 is 0 Å². The second-order valence-corrected chi connectivity index (χ2v) is 6.28. The molecule has 2 aromatic rings. The quantitative estimate of drug-likeness (QED) is 0.424. The van der Waals surface area contributed by atoms with Gasteiger partial charge in [0.2, 0.25) is 5.13 Å². The van der Waals surface area contributed by atoms with Crippen LogP contribution >= 0.6 is 23.1 Å². The van der Waals surface area contributed by atoms with Gasteiger partial charge >= 0.3 is 0 Å². The molecule has 1 aromatic heterocycles. The van der Waals surface area contributed by atoms with Crippen molar-refractivity contribution in [3.63, 3.8) is 0 Å². The lowest BCUT2D eigenvalue weighted by Gasteiger charge is -2.11. The van der Waals surface area contributed by atoms with Gasteiger partial charge < -0.3 is 4.90 Å². The highest BCUT2D eigenvalue weighted by Gasteiger charge is 2.07. The van der Waals surface area contributed by atoms with Crippen LogP contribution in [-0.2, 0) is 0 Å². The summed E-state index contributed by atoms with van der Waals surface area (Å²) in [6, 6.07) is 7.88. The predicted octanol–water partition coefficient (Wildman–Crippen LogP) is 5.02. The molecule has 0 saturated heterocycles. The molecule has 0 aliphatic carbocycles. The number of aliphatic imine (C=N–C) groups is 1. The maximum Gasteiger partial charge on any atom is 0.231 e. The van der Waals surface area contributed by atoms with Gasteiger partial charge in [0.05, 0.1) is 10.6 Å². The van der Waals surface area contributed by atoms with Crippen LogP contribution in [-0.4, -0.2) is 32.1 Å². The van der Waals surface area contributed by atoms with Crippen LogP contribution in [0.25, 0.3) is 6.08 Å². The van der Waals surface area contributed by atoms with Crippen molar-refractivity contribution in [2.24, 2.45) is 15.2 Å². The third-order valence-corrected chi connectivity index (χ3v) is 4.48. The smallest absolute Gasteiger partial charge is 0.231 e. The second-order valence-electron chi connectivity index (χ2n) is 4.48. The van der Waals surface area contributed by atoms with Crippen molar-refractivity contribution in [1.29, 1.82) is 0 Å². The summed E-state index contributed by atoms with van der Waals surface area (Å²) in [7, 11) is 4.01. The van der Waals surface area contributed by atoms with E-state index in [2.05, 4.69) is 26.9 Å². The molecule has 7 heteroatoms.